The number of piperazine rings is 1. The Bertz CT molecular complexity index is 1910. The number of nitrogens with zero attached hydrogens (tertiary/aromatic N) is 9. The van der Waals surface area contributed by atoms with Gasteiger partial charge in [0.15, 0.2) is 24.0 Å². The van der Waals surface area contributed by atoms with Gasteiger partial charge in [0.25, 0.3) is 17.4 Å². The van der Waals surface area contributed by atoms with Crippen LogP contribution in [0, 0.1) is 0 Å². The number of anilines is 2. The zero-order valence-corrected chi connectivity index (χ0v) is 28.8. The molecule has 0 aliphatic carbocycles. The number of aromatic amines is 1. The number of carboxylic acid groups (broad SMARTS) is 1. The lowest BCUT2D eigenvalue weighted by Gasteiger charge is -2.45. The summed E-state index contributed by atoms with van der Waals surface area (Å²) >= 11 is 1.34. The van der Waals surface area contributed by atoms with Crippen molar-refractivity contribution in [3.05, 3.63) is 56.7 Å². The van der Waals surface area contributed by atoms with Gasteiger partial charge in [0.2, 0.25) is 0 Å². The van der Waals surface area contributed by atoms with E-state index in [0.717, 1.165) is 5.69 Å². The molecule has 254 valence electrons. The minimum absolute atomic E-state index is 0.0120. The van der Waals surface area contributed by atoms with E-state index in [1.165, 1.54) is 21.9 Å². The molecular weight excluding hydrogens is 638 g/mol. The number of aromatic nitrogens is 7. The summed E-state index contributed by atoms with van der Waals surface area (Å²) in [5.41, 5.74) is 1.17. The molecule has 1 aliphatic rings. The molecule has 2 atom stereocenters. The molecule has 2 amide bonds. The first-order valence-corrected chi connectivity index (χ1v) is 16.3. The summed E-state index contributed by atoms with van der Waals surface area (Å²) < 4.78 is 1.38. The predicted octanol–water partition coefficient (Wildman–Crippen LogP) is 1.97. The van der Waals surface area contributed by atoms with Crippen molar-refractivity contribution in [2.24, 2.45) is 0 Å². The number of H-pyrrole nitrogens is 1. The van der Waals surface area contributed by atoms with Crippen molar-refractivity contribution in [2.45, 2.75) is 52.1 Å². The van der Waals surface area contributed by atoms with Crippen LogP contribution in [0.4, 0.5) is 10.9 Å². The number of quaternary nitrogens is 1. The van der Waals surface area contributed by atoms with E-state index in [1.54, 1.807) is 43.3 Å². The molecule has 0 bridgehead atoms. The third kappa shape index (κ3) is 7.57. The molecule has 0 radical (unpaired) electrons. The summed E-state index contributed by atoms with van der Waals surface area (Å²) in [6.45, 7) is 10.5. The van der Waals surface area contributed by atoms with Gasteiger partial charge in [-0.3, -0.25) is 24.1 Å². The molecule has 3 N–H and O–H groups in total. The number of hydrogen-bond donors (Lipinski definition) is 3. The van der Waals surface area contributed by atoms with Gasteiger partial charge in [0.05, 0.1) is 25.4 Å². The van der Waals surface area contributed by atoms with Crippen molar-refractivity contribution in [3.63, 3.8) is 0 Å². The number of tetrazole rings is 1. The van der Waals surface area contributed by atoms with Crippen LogP contribution in [-0.4, -0.2) is 120 Å². The Labute approximate surface area is 280 Å². The Balaban J connectivity index is 1.48. The zero-order chi connectivity index (χ0) is 35.0. The molecule has 17 heteroatoms. The molecule has 1 saturated heterocycles. The number of fused-ring (bicyclic) bond motifs is 1. The topological polar surface area (TPSA) is 192 Å². The first kappa shape index (κ1) is 34.3. The number of carboxylic acids is 1. The van der Waals surface area contributed by atoms with Gasteiger partial charge >= 0.3 is 5.97 Å². The van der Waals surface area contributed by atoms with Gasteiger partial charge in [-0.25, -0.2) is 14.8 Å². The lowest BCUT2D eigenvalue weighted by molar-refractivity contribution is -0.875. The van der Waals surface area contributed by atoms with Crippen LogP contribution in [0.3, 0.4) is 0 Å². The molecular formula is C31H40N11O5S+. The molecule has 5 rings (SSSR count). The van der Waals surface area contributed by atoms with Crippen LogP contribution in [0.15, 0.2) is 28.5 Å². The minimum Gasteiger partial charge on any atom is -0.477 e. The van der Waals surface area contributed by atoms with Gasteiger partial charge in [0.1, 0.15) is 11.5 Å². The van der Waals surface area contributed by atoms with Crippen LogP contribution < -0.4 is 15.8 Å². The van der Waals surface area contributed by atoms with E-state index in [1.807, 2.05) is 44.9 Å². The maximum Gasteiger partial charge on any atom is 0.359 e. The number of thiazole rings is 1. The fourth-order valence-electron chi connectivity index (χ4n) is 5.77. The number of rotatable bonds is 9. The van der Waals surface area contributed by atoms with Crippen LogP contribution in [-0.2, 0) is 15.0 Å². The molecule has 5 heterocycles. The highest BCUT2D eigenvalue weighted by Crippen LogP contribution is 2.28. The Hall–Kier alpha value is -5.03. The zero-order valence-electron chi connectivity index (χ0n) is 28.0. The molecule has 4 aromatic heterocycles. The molecule has 16 nitrogen and oxygen atoms in total. The maximum absolute atomic E-state index is 14.0. The maximum atomic E-state index is 14.0. The second-order valence-electron chi connectivity index (χ2n) is 13.7. The number of likely N-dealkylation sites (N-methyl/N-ethyl adjacent to an activating group) is 1. The quantitative estimate of drug-likeness (QED) is 0.219. The third-order valence-electron chi connectivity index (χ3n) is 7.99. The smallest absolute Gasteiger partial charge is 0.359 e. The summed E-state index contributed by atoms with van der Waals surface area (Å²) in [7, 11) is 3.42. The second-order valence-corrected chi connectivity index (χ2v) is 14.6. The van der Waals surface area contributed by atoms with E-state index < -0.39 is 5.97 Å². The highest BCUT2D eigenvalue weighted by molar-refractivity contribution is 7.14. The van der Waals surface area contributed by atoms with Gasteiger partial charge in [-0.2, -0.15) is 5.21 Å². The predicted molar refractivity (Wildman–Crippen MR) is 181 cm³/mol. The highest BCUT2D eigenvalue weighted by atomic mass is 32.1. The number of amides is 2. The third-order valence-corrected chi connectivity index (χ3v) is 8.75. The lowest BCUT2D eigenvalue weighted by Crippen LogP contribution is -2.62. The van der Waals surface area contributed by atoms with Crippen LogP contribution >= 0.6 is 11.3 Å². The number of aliphatic carboxylic acids is 1. The summed E-state index contributed by atoms with van der Waals surface area (Å²) in [5.74, 6) is -0.876. The van der Waals surface area contributed by atoms with E-state index in [-0.39, 0.29) is 69.5 Å². The first-order valence-electron chi connectivity index (χ1n) is 15.4. The van der Waals surface area contributed by atoms with E-state index >= 15 is 0 Å². The Kier molecular flexibility index (Phi) is 9.46. The average Bonchev–Trinajstić information content (AvgIpc) is 3.67. The molecule has 1 fully saturated rings. The largest absolute Gasteiger partial charge is 0.477 e. The summed E-state index contributed by atoms with van der Waals surface area (Å²) in [5, 5.41) is 28.3. The van der Waals surface area contributed by atoms with Gasteiger partial charge in [0, 0.05) is 47.7 Å². The number of nitrogens with one attached hydrogen (secondary N) is 2. The van der Waals surface area contributed by atoms with Crippen LogP contribution in [0.1, 0.15) is 62.1 Å². The number of pyridine rings is 1. The van der Waals surface area contributed by atoms with Crippen molar-refractivity contribution in [2.75, 3.05) is 50.5 Å². The number of hydrogen-bond acceptors (Lipinski definition) is 11. The summed E-state index contributed by atoms with van der Waals surface area (Å²) in [4.78, 5) is 65.1. The van der Waals surface area contributed by atoms with Gasteiger partial charge < -0.3 is 19.4 Å². The lowest BCUT2D eigenvalue weighted by atomic mass is 9.93. The van der Waals surface area contributed by atoms with Crippen molar-refractivity contribution in [3.8, 4) is 0 Å². The van der Waals surface area contributed by atoms with Crippen LogP contribution in [0.25, 0.3) is 17.8 Å². The first-order chi connectivity index (χ1) is 22.5. The Morgan fingerprint density at radius 3 is 2.44 bits per heavy atom. The second kappa shape index (κ2) is 13.2. The highest BCUT2D eigenvalue weighted by Gasteiger charge is 2.37. The Morgan fingerprint density at radius 1 is 1.12 bits per heavy atom. The SMILES string of the molecule is CC1CN(c2nc3cc(C(=O)Nc4nc(C(C)(C)C)cs4)ccn3c(=O)c2C=Cc2nn[nH]n2)CC(C)N1C(=O)C[N+](C)(C)CC(=O)O. The monoisotopic (exact) mass is 678 g/mol. The minimum atomic E-state index is -0.979. The Morgan fingerprint density at radius 2 is 1.83 bits per heavy atom. The molecule has 48 heavy (non-hydrogen) atoms. The van der Waals surface area contributed by atoms with Crippen molar-refractivity contribution < 1.29 is 24.0 Å². The van der Waals surface area contributed by atoms with E-state index in [4.69, 9.17) is 4.98 Å². The van der Waals surface area contributed by atoms with Gasteiger partial charge in [-0.05, 0) is 43.3 Å². The molecule has 0 spiro atoms. The van der Waals surface area contributed by atoms with E-state index in [0.29, 0.717) is 29.6 Å². The van der Waals surface area contributed by atoms with E-state index in [2.05, 4.69) is 30.9 Å². The van der Waals surface area contributed by atoms with Crippen LogP contribution in [0.2, 0.25) is 0 Å². The fraction of sp³-hybridized carbons (Fsp3) is 0.452. The van der Waals surface area contributed by atoms with Crippen molar-refractivity contribution >= 4 is 57.9 Å². The summed E-state index contributed by atoms with van der Waals surface area (Å²) in [6.07, 6.45) is 4.64. The van der Waals surface area contributed by atoms with Gasteiger partial charge in [-0.1, -0.05) is 20.8 Å². The van der Waals surface area contributed by atoms with Crippen molar-refractivity contribution in [1.82, 2.24) is 39.9 Å². The van der Waals surface area contributed by atoms with Gasteiger partial charge in [-0.15, -0.1) is 21.5 Å². The standard InChI is InChI=1S/C31H39N11O5S/c1-18-13-39(14-19(2)41(18)25(43)15-42(6,7)16-26(44)45)27-21(8-9-23-35-37-38-36-23)29(47)40-11-10-20(12-24(40)33-27)28(46)34-30-32-22(17-48-30)31(3,4)5/h8-12,17-19H,13-16H2,1-7H3,(H2-,32,34,35,36,37,38,44,45,46)/p+1. The molecule has 0 saturated carbocycles. The fourth-order valence-corrected chi connectivity index (χ4v) is 6.70. The molecule has 0 aromatic carbocycles. The normalized spacial score (nSPS) is 17.3. The molecule has 1 aliphatic heterocycles. The van der Waals surface area contributed by atoms with E-state index in [9.17, 15) is 24.3 Å². The summed E-state index contributed by atoms with van der Waals surface area (Å²) in [6, 6.07) is 2.54. The van der Waals surface area contributed by atoms with Crippen molar-refractivity contribution in [1.29, 1.82) is 0 Å². The van der Waals surface area contributed by atoms with Crippen LogP contribution in [0.5, 0.6) is 0 Å². The number of carbonyl (C=O) groups excluding carboxylic acids is 2. The molecule has 2 unspecified atom stereocenters. The average molecular weight is 679 g/mol. The molecule has 4 aromatic rings. The number of carbonyl (C=O) groups is 3.